The molecule has 3 aromatic carbocycles. The number of aromatic amines is 1. The molecule has 29 heavy (non-hydrogen) atoms. The lowest BCUT2D eigenvalue weighted by molar-refractivity contribution is 0.102. The fourth-order valence-corrected chi connectivity index (χ4v) is 2.85. The number of nitrogens with zero attached hydrogens (tertiary/aromatic N) is 1. The minimum Gasteiger partial charge on any atom is -0.304 e. The van der Waals surface area contributed by atoms with Crippen LogP contribution >= 0.6 is 0 Å². The second-order valence-corrected chi connectivity index (χ2v) is 6.14. The molecule has 0 saturated heterocycles. The third-order valence-corrected chi connectivity index (χ3v) is 4.32. The highest BCUT2D eigenvalue weighted by atomic mass is 19.2. The second-order valence-electron chi connectivity index (χ2n) is 6.14. The lowest BCUT2D eigenvalue weighted by Crippen LogP contribution is -2.16. The Morgan fingerprint density at radius 3 is 2.24 bits per heavy atom. The molecule has 0 fully saturated rings. The van der Waals surface area contributed by atoms with Gasteiger partial charge in [0.05, 0.1) is 11.1 Å². The van der Waals surface area contributed by atoms with E-state index in [-0.39, 0.29) is 17.7 Å². The fourth-order valence-electron chi connectivity index (χ4n) is 2.85. The van der Waals surface area contributed by atoms with Crippen LogP contribution in [0.15, 0.2) is 48.5 Å². The predicted octanol–water partition coefficient (Wildman–Crippen LogP) is 5.18. The predicted molar refractivity (Wildman–Crippen MR) is 95.7 cm³/mol. The van der Waals surface area contributed by atoms with Gasteiger partial charge >= 0.3 is 0 Å². The van der Waals surface area contributed by atoms with Crippen molar-refractivity contribution in [3.63, 3.8) is 0 Å². The van der Waals surface area contributed by atoms with Crippen LogP contribution in [-0.4, -0.2) is 16.1 Å². The highest BCUT2D eigenvalue weighted by molar-refractivity contribution is 6.08. The zero-order valence-corrected chi connectivity index (χ0v) is 14.4. The average molecular weight is 403 g/mol. The molecule has 4 rings (SSSR count). The standard InChI is InChI=1S/C20H10F5N3O/c21-11-4-1-9(2-5-11)10-3-6-12-15(7-10)27-28-19(12)26-20(29)13-8-14(22)17(24)18(25)16(13)23/h1-8H,(H2,26,27,28,29). The van der Waals surface area contributed by atoms with Crippen LogP contribution in [0.5, 0.6) is 0 Å². The Labute approximate surface area is 160 Å². The number of aromatic nitrogens is 2. The molecule has 2 N–H and O–H groups in total. The number of amides is 1. The lowest BCUT2D eigenvalue weighted by atomic mass is 10.0. The number of carbonyl (C=O) groups excluding carboxylic acids is 1. The Morgan fingerprint density at radius 1 is 0.828 bits per heavy atom. The van der Waals surface area contributed by atoms with E-state index >= 15 is 0 Å². The zero-order chi connectivity index (χ0) is 20.7. The molecule has 9 heteroatoms. The molecule has 0 aliphatic carbocycles. The summed E-state index contributed by atoms with van der Waals surface area (Å²) in [5, 5.41) is 9.25. The molecule has 0 atom stereocenters. The number of benzene rings is 3. The fraction of sp³-hybridized carbons (Fsp3) is 0. The summed E-state index contributed by atoms with van der Waals surface area (Å²) < 4.78 is 66.6. The normalized spacial score (nSPS) is 11.1. The van der Waals surface area contributed by atoms with Crippen molar-refractivity contribution in [2.45, 2.75) is 0 Å². The van der Waals surface area contributed by atoms with Gasteiger partial charge in [-0.05, 0) is 41.5 Å². The van der Waals surface area contributed by atoms with Gasteiger partial charge in [-0.3, -0.25) is 9.89 Å². The number of hydrogen-bond acceptors (Lipinski definition) is 2. The minimum absolute atomic E-state index is 0.0137. The van der Waals surface area contributed by atoms with E-state index in [9.17, 15) is 26.7 Å². The molecular formula is C20H10F5N3O. The Balaban J connectivity index is 1.66. The van der Waals surface area contributed by atoms with Crippen molar-refractivity contribution in [3.8, 4) is 11.1 Å². The molecular weight excluding hydrogens is 393 g/mol. The van der Waals surface area contributed by atoms with Crippen molar-refractivity contribution in [1.82, 2.24) is 10.2 Å². The van der Waals surface area contributed by atoms with Gasteiger partial charge in [-0.15, -0.1) is 0 Å². The molecule has 0 spiro atoms. The third-order valence-electron chi connectivity index (χ3n) is 4.32. The Morgan fingerprint density at radius 2 is 1.52 bits per heavy atom. The lowest BCUT2D eigenvalue weighted by Gasteiger charge is -2.06. The van der Waals surface area contributed by atoms with Crippen molar-refractivity contribution in [3.05, 3.63) is 83.2 Å². The SMILES string of the molecule is O=C(Nc1n[nH]c2cc(-c3ccc(F)cc3)ccc12)c1cc(F)c(F)c(F)c1F. The van der Waals surface area contributed by atoms with E-state index < -0.39 is 34.7 Å². The summed E-state index contributed by atoms with van der Waals surface area (Å²) in [6, 6.07) is 11.1. The van der Waals surface area contributed by atoms with E-state index in [2.05, 4.69) is 15.5 Å². The molecule has 4 aromatic rings. The molecule has 0 bridgehead atoms. The molecule has 0 aliphatic rings. The van der Waals surface area contributed by atoms with Crippen LogP contribution in [0.2, 0.25) is 0 Å². The van der Waals surface area contributed by atoms with Gasteiger partial charge in [-0.1, -0.05) is 18.2 Å². The van der Waals surface area contributed by atoms with Gasteiger partial charge in [0.25, 0.3) is 5.91 Å². The maximum Gasteiger partial charge on any atom is 0.260 e. The Kier molecular flexibility index (Phi) is 4.50. The molecule has 146 valence electrons. The van der Waals surface area contributed by atoms with Gasteiger partial charge in [0.2, 0.25) is 0 Å². The van der Waals surface area contributed by atoms with Crippen molar-refractivity contribution in [2.24, 2.45) is 0 Å². The van der Waals surface area contributed by atoms with Gasteiger partial charge in [0.15, 0.2) is 29.1 Å². The van der Waals surface area contributed by atoms with E-state index in [1.54, 1.807) is 30.3 Å². The maximum absolute atomic E-state index is 13.8. The molecule has 1 heterocycles. The zero-order valence-electron chi connectivity index (χ0n) is 14.4. The van der Waals surface area contributed by atoms with Crippen LogP contribution in [0.1, 0.15) is 10.4 Å². The number of hydrogen-bond donors (Lipinski definition) is 2. The summed E-state index contributed by atoms with van der Waals surface area (Å²) in [6.45, 7) is 0. The van der Waals surface area contributed by atoms with Gasteiger partial charge in [-0.25, -0.2) is 22.0 Å². The summed E-state index contributed by atoms with van der Waals surface area (Å²) >= 11 is 0. The molecule has 0 aliphatic heterocycles. The first-order chi connectivity index (χ1) is 13.8. The van der Waals surface area contributed by atoms with Crippen LogP contribution in [0.3, 0.4) is 0 Å². The summed E-state index contributed by atoms with van der Waals surface area (Å²) in [5.41, 5.74) is 0.986. The summed E-state index contributed by atoms with van der Waals surface area (Å²) in [5.74, 6) is -9.16. The Hall–Kier alpha value is -3.75. The molecule has 0 radical (unpaired) electrons. The van der Waals surface area contributed by atoms with Gasteiger partial charge in [0, 0.05) is 5.39 Å². The number of fused-ring (bicyclic) bond motifs is 1. The summed E-state index contributed by atoms with van der Waals surface area (Å²) in [7, 11) is 0. The molecule has 4 nitrogen and oxygen atoms in total. The minimum atomic E-state index is -2.08. The topological polar surface area (TPSA) is 57.8 Å². The monoisotopic (exact) mass is 403 g/mol. The molecule has 1 amide bonds. The van der Waals surface area contributed by atoms with E-state index in [4.69, 9.17) is 0 Å². The van der Waals surface area contributed by atoms with Crippen LogP contribution in [-0.2, 0) is 0 Å². The first kappa shape index (κ1) is 18.6. The van der Waals surface area contributed by atoms with Crippen LogP contribution in [0.4, 0.5) is 27.8 Å². The second kappa shape index (κ2) is 7.01. The number of anilines is 1. The highest BCUT2D eigenvalue weighted by Gasteiger charge is 2.24. The number of halogens is 5. The quantitative estimate of drug-likeness (QED) is 0.281. The smallest absolute Gasteiger partial charge is 0.260 e. The summed E-state index contributed by atoms with van der Waals surface area (Å²) in [6.07, 6.45) is 0. The average Bonchev–Trinajstić information content (AvgIpc) is 3.11. The van der Waals surface area contributed by atoms with Crippen LogP contribution in [0, 0.1) is 29.1 Å². The van der Waals surface area contributed by atoms with E-state index in [1.165, 1.54) is 12.1 Å². The van der Waals surface area contributed by atoms with E-state index in [0.29, 0.717) is 10.9 Å². The molecule has 0 unspecified atom stereocenters. The third kappa shape index (κ3) is 3.31. The molecule has 1 aromatic heterocycles. The van der Waals surface area contributed by atoms with Crippen molar-refractivity contribution < 1.29 is 26.7 Å². The van der Waals surface area contributed by atoms with E-state index in [0.717, 1.165) is 11.1 Å². The van der Waals surface area contributed by atoms with Crippen molar-refractivity contribution in [2.75, 3.05) is 5.32 Å². The highest BCUT2D eigenvalue weighted by Crippen LogP contribution is 2.28. The number of H-pyrrole nitrogens is 1. The largest absolute Gasteiger partial charge is 0.304 e. The van der Waals surface area contributed by atoms with Crippen molar-refractivity contribution >= 4 is 22.6 Å². The van der Waals surface area contributed by atoms with Gasteiger partial charge < -0.3 is 5.32 Å². The van der Waals surface area contributed by atoms with Crippen molar-refractivity contribution in [1.29, 1.82) is 0 Å². The van der Waals surface area contributed by atoms with E-state index in [1.807, 2.05) is 0 Å². The number of rotatable bonds is 3. The first-order valence-corrected chi connectivity index (χ1v) is 8.23. The molecule has 0 saturated carbocycles. The van der Waals surface area contributed by atoms with Gasteiger partial charge in [0.1, 0.15) is 5.82 Å². The Bertz CT molecular complexity index is 1250. The number of carbonyl (C=O) groups is 1. The summed E-state index contributed by atoms with van der Waals surface area (Å²) in [4.78, 5) is 12.2. The van der Waals surface area contributed by atoms with Crippen LogP contribution < -0.4 is 5.32 Å². The van der Waals surface area contributed by atoms with Crippen LogP contribution in [0.25, 0.3) is 22.0 Å². The van der Waals surface area contributed by atoms with Gasteiger partial charge in [-0.2, -0.15) is 5.10 Å². The maximum atomic E-state index is 13.8. The first-order valence-electron chi connectivity index (χ1n) is 8.23. The number of nitrogens with one attached hydrogen (secondary N) is 2.